The van der Waals surface area contributed by atoms with Gasteiger partial charge in [0.2, 0.25) is 0 Å². The number of nitrogens with one attached hydrogen (secondary N) is 1. The zero-order valence-electron chi connectivity index (χ0n) is 9.28. The average molecular weight is 272 g/mol. The lowest BCUT2D eigenvalue weighted by molar-refractivity contribution is 0.220. The molecule has 0 unspecified atom stereocenters. The molecule has 2 amide bonds. The molecule has 6 heteroatoms. The minimum absolute atomic E-state index is 0.0178. The Morgan fingerprint density at radius 3 is 3.06 bits per heavy atom. The van der Waals surface area contributed by atoms with Crippen LogP contribution in [-0.4, -0.2) is 36.3 Å². The van der Waals surface area contributed by atoms with Crippen LogP contribution in [0.4, 0.5) is 10.5 Å². The van der Waals surface area contributed by atoms with Gasteiger partial charge in [-0.25, -0.2) is 4.79 Å². The third-order valence-electron chi connectivity index (χ3n) is 2.52. The van der Waals surface area contributed by atoms with Crippen LogP contribution < -0.4 is 11.1 Å². The average Bonchev–Trinajstić information content (AvgIpc) is 2.70. The monoisotopic (exact) mass is 271 g/mol. The predicted octanol–water partition coefficient (Wildman–Crippen LogP) is 2.04. The Kier molecular flexibility index (Phi) is 4.02. The van der Waals surface area contributed by atoms with Crippen molar-refractivity contribution in [2.75, 3.05) is 31.1 Å². The summed E-state index contributed by atoms with van der Waals surface area (Å²) >= 11 is 7.67. The van der Waals surface area contributed by atoms with E-state index in [9.17, 15) is 4.79 Å². The zero-order valence-corrected chi connectivity index (χ0v) is 10.9. The number of hydrogen-bond acceptors (Lipinski definition) is 3. The van der Waals surface area contributed by atoms with E-state index in [4.69, 9.17) is 17.3 Å². The molecule has 4 nitrogen and oxygen atoms in total. The van der Waals surface area contributed by atoms with Crippen molar-refractivity contribution in [1.29, 1.82) is 0 Å². The molecule has 92 valence electrons. The molecule has 0 aliphatic carbocycles. The fraction of sp³-hybridized carbons (Fsp3) is 0.364. The van der Waals surface area contributed by atoms with Crippen LogP contribution in [0.5, 0.6) is 0 Å². The molecule has 17 heavy (non-hydrogen) atoms. The molecular weight excluding hydrogens is 258 g/mol. The molecule has 0 aromatic heterocycles. The number of urea groups is 1. The van der Waals surface area contributed by atoms with Crippen LogP contribution in [0.3, 0.4) is 0 Å². The number of nitrogens with two attached hydrogens (primary N) is 1. The number of nitrogen functional groups attached to an aromatic ring is 1. The summed E-state index contributed by atoms with van der Waals surface area (Å²) in [5.41, 5.74) is 6.40. The van der Waals surface area contributed by atoms with Gasteiger partial charge < -0.3 is 16.0 Å². The number of amides is 2. The number of rotatable bonds is 4. The minimum Gasteiger partial charge on any atom is -0.399 e. The van der Waals surface area contributed by atoms with E-state index in [2.05, 4.69) is 5.32 Å². The Balaban J connectivity index is 1.85. The summed E-state index contributed by atoms with van der Waals surface area (Å²) in [7, 11) is 0. The number of anilines is 1. The molecule has 2 rings (SSSR count). The van der Waals surface area contributed by atoms with Crippen LogP contribution in [0.25, 0.3) is 0 Å². The highest BCUT2D eigenvalue weighted by molar-refractivity contribution is 7.99. The Bertz CT molecular complexity index is 427. The normalized spacial score (nSPS) is 15.1. The molecular formula is C11H14ClN3OS. The third-order valence-corrected chi connectivity index (χ3v) is 4.00. The molecule has 1 saturated heterocycles. The van der Waals surface area contributed by atoms with Gasteiger partial charge in [0, 0.05) is 36.0 Å². The van der Waals surface area contributed by atoms with Gasteiger partial charge in [-0.3, -0.25) is 0 Å². The Morgan fingerprint density at radius 2 is 2.35 bits per heavy atom. The number of thioether (sulfide) groups is 1. The molecule has 1 aromatic carbocycles. The van der Waals surface area contributed by atoms with Gasteiger partial charge in [0.05, 0.1) is 5.02 Å². The highest BCUT2D eigenvalue weighted by Crippen LogP contribution is 2.28. The molecule has 3 N–H and O–H groups in total. The molecule has 0 spiro atoms. The molecule has 1 aliphatic heterocycles. The van der Waals surface area contributed by atoms with Gasteiger partial charge in [-0.15, -0.1) is 11.8 Å². The topological polar surface area (TPSA) is 58.4 Å². The van der Waals surface area contributed by atoms with Crippen molar-refractivity contribution in [2.24, 2.45) is 0 Å². The second-order valence-corrected chi connectivity index (χ2v) is 5.30. The van der Waals surface area contributed by atoms with Gasteiger partial charge in [-0.05, 0) is 18.2 Å². The van der Waals surface area contributed by atoms with Crippen molar-refractivity contribution >= 4 is 35.1 Å². The van der Waals surface area contributed by atoms with Crippen molar-refractivity contribution in [3.63, 3.8) is 0 Å². The first-order valence-corrected chi connectivity index (χ1v) is 6.74. The standard InChI is InChI=1S/C11H14ClN3OS/c12-9-2-1-8(13)7-10(9)17-6-5-15-4-3-14-11(15)16/h1-2,7H,3-6,13H2,(H,14,16). The summed E-state index contributed by atoms with van der Waals surface area (Å²) < 4.78 is 0. The minimum atomic E-state index is 0.0178. The van der Waals surface area contributed by atoms with Crippen LogP contribution >= 0.6 is 23.4 Å². The molecule has 0 bridgehead atoms. The molecule has 1 fully saturated rings. The number of nitrogens with zero attached hydrogens (tertiary/aromatic N) is 1. The lowest BCUT2D eigenvalue weighted by atomic mass is 10.3. The van der Waals surface area contributed by atoms with Gasteiger partial charge in [0.1, 0.15) is 0 Å². The smallest absolute Gasteiger partial charge is 0.317 e. The van der Waals surface area contributed by atoms with Gasteiger partial charge >= 0.3 is 6.03 Å². The summed E-state index contributed by atoms with van der Waals surface area (Å²) in [5.74, 6) is 0.816. The largest absolute Gasteiger partial charge is 0.399 e. The number of carbonyl (C=O) groups excluding carboxylic acids is 1. The van der Waals surface area contributed by atoms with Crippen LogP contribution in [0.1, 0.15) is 0 Å². The van der Waals surface area contributed by atoms with Crippen molar-refractivity contribution in [3.8, 4) is 0 Å². The van der Waals surface area contributed by atoms with Crippen molar-refractivity contribution in [1.82, 2.24) is 10.2 Å². The lowest BCUT2D eigenvalue weighted by Crippen LogP contribution is -2.30. The summed E-state index contributed by atoms with van der Waals surface area (Å²) in [5, 5.41) is 3.47. The first kappa shape index (κ1) is 12.4. The Hall–Kier alpha value is -1.07. The maximum absolute atomic E-state index is 11.3. The van der Waals surface area contributed by atoms with E-state index in [1.54, 1.807) is 28.8 Å². The first-order chi connectivity index (χ1) is 8.16. The summed E-state index contributed by atoms with van der Waals surface area (Å²) in [4.78, 5) is 14.1. The summed E-state index contributed by atoms with van der Waals surface area (Å²) in [6, 6.07) is 5.45. The van der Waals surface area contributed by atoms with Gasteiger partial charge in [-0.1, -0.05) is 11.6 Å². The molecule has 0 saturated carbocycles. The number of carbonyl (C=O) groups is 1. The number of benzene rings is 1. The third kappa shape index (κ3) is 3.20. The van der Waals surface area contributed by atoms with Crippen LogP contribution in [-0.2, 0) is 0 Å². The predicted molar refractivity (Wildman–Crippen MR) is 71.6 cm³/mol. The van der Waals surface area contributed by atoms with Gasteiger partial charge in [0.15, 0.2) is 0 Å². The van der Waals surface area contributed by atoms with Gasteiger partial charge in [0.25, 0.3) is 0 Å². The highest BCUT2D eigenvalue weighted by Gasteiger charge is 2.18. The molecule has 1 aromatic rings. The molecule has 0 atom stereocenters. The summed E-state index contributed by atoms with van der Waals surface area (Å²) in [6.45, 7) is 2.24. The quantitative estimate of drug-likeness (QED) is 0.651. The Labute approximate surface area is 109 Å². The molecule has 0 radical (unpaired) electrons. The second-order valence-electron chi connectivity index (χ2n) is 3.76. The van der Waals surface area contributed by atoms with Crippen LogP contribution in [0.15, 0.2) is 23.1 Å². The highest BCUT2D eigenvalue weighted by atomic mass is 35.5. The second kappa shape index (κ2) is 5.51. The van der Waals surface area contributed by atoms with E-state index in [0.717, 1.165) is 30.3 Å². The number of halogens is 1. The van der Waals surface area contributed by atoms with Gasteiger partial charge in [-0.2, -0.15) is 0 Å². The molecule has 1 aliphatic rings. The van der Waals surface area contributed by atoms with Crippen LogP contribution in [0, 0.1) is 0 Å². The van der Waals surface area contributed by atoms with E-state index < -0.39 is 0 Å². The molecule has 1 heterocycles. The van der Waals surface area contributed by atoms with E-state index in [1.807, 2.05) is 6.07 Å². The summed E-state index contributed by atoms with van der Waals surface area (Å²) in [6.07, 6.45) is 0. The Morgan fingerprint density at radius 1 is 1.53 bits per heavy atom. The van der Waals surface area contributed by atoms with Crippen molar-refractivity contribution < 1.29 is 4.79 Å². The maximum atomic E-state index is 11.3. The first-order valence-electron chi connectivity index (χ1n) is 5.37. The SMILES string of the molecule is Nc1ccc(Cl)c(SCCN2CCNC2=O)c1. The van der Waals surface area contributed by atoms with Crippen LogP contribution in [0.2, 0.25) is 5.02 Å². The maximum Gasteiger partial charge on any atom is 0.317 e. The lowest BCUT2D eigenvalue weighted by Gasteiger charge is -2.13. The van der Waals surface area contributed by atoms with E-state index in [1.165, 1.54) is 0 Å². The number of hydrogen-bond donors (Lipinski definition) is 2. The van der Waals surface area contributed by atoms with E-state index in [-0.39, 0.29) is 6.03 Å². The van der Waals surface area contributed by atoms with Crippen molar-refractivity contribution in [2.45, 2.75) is 4.90 Å². The van der Waals surface area contributed by atoms with Crippen molar-refractivity contribution in [3.05, 3.63) is 23.2 Å². The fourth-order valence-electron chi connectivity index (χ4n) is 1.62. The van der Waals surface area contributed by atoms with E-state index in [0.29, 0.717) is 10.7 Å². The zero-order chi connectivity index (χ0) is 12.3. The van der Waals surface area contributed by atoms with E-state index >= 15 is 0 Å². The fourth-order valence-corrected chi connectivity index (χ4v) is 2.86.